The third kappa shape index (κ3) is 4.61. The van der Waals surface area contributed by atoms with Crippen LogP contribution in [0.25, 0.3) is 10.8 Å². The molecule has 5 N–H and O–H groups in total. The van der Waals surface area contributed by atoms with Crippen LogP contribution in [0.1, 0.15) is 60.2 Å². The van der Waals surface area contributed by atoms with Crippen molar-refractivity contribution < 1.29 is 24.2 Å². The van der Waals surface area contributed by atoms with Crippen molar-refractivity contribution in [1.82, 2.24) is 0 Å². The SMILES string of the molecule is CCCCOC(=O)c1cc(N)c2c(N)c(O)c(C(=O)OCCCC)cc2c1. The lowest BCUT2D eigenvalue weighted by molar-refractivity contribution is 0.0489. The first kappa shape index (κ1) is 20.4. The van der Waals surface area contributed by atoms with E-state index in [0.717, 1.165) is 25.7 Å². The van der Waals surface area contributed by atoms with E-state index in [1.807, 2.05) is 13.8 Å². The van der Waals surface area contributed by atoms with Gasteiger partial charge in [0.05, 0.1) is 24.5 Å². The molecule has 7 nitrogen and oxygen atoms in total. The zero-order valence-corrected chi connectivity index (χ0v) is 15.7. The van der Waals surface area contributed by atoms with E-state index in [4.69, 9.17) is 20.9 Å². The number of phenols is 1. The van der Waals surface area contributed by atoms with Gasteiger partial charge >= 0.3 is 11.9 Å². The van der Waals surface area contributed by atoms with Gasteiger partial charge in [-0.2, -0.15) is 0 Å². The molecule has 146 valence electrons. The van der Waals surface area contributed by atoms with E-state index in [0.29, 0.717) is 17.4 Å². The van der Waals surface area contributed by atoms with Crippen LogP contribution in [0.2, 0.25) is 0 Å². The number of aromatic hydroxyl groups is 1. The Balaban J connectivity index is 2.42. The zero-order valence-electron chi connectivity index (χ0n) is 15.7. The molecule has 0 aliphatic rings. The summed E-state index contributed by atoms with van der Waals surface area (Å²) in [4.78, 5) is 24.5. The number of phenolic OH excluding ortho intramolecular Hbond substituents is 1. The van der Waals surface area contributed by atoms with Crippen molar-refractivity contribution in [3.05, 3.63) is 29.3 Å². The molecule has 0 saturated carbocycles. The van der Waals surface area contributed by atoms with Crippen LogP contribution in [0, 0.1) is 0 Å². The van der Waals surface area contributed by atoms with E-state index in [2.05, 4.69) is 0 Å². The van der Waals surface area contributed by atoms with E-state index in [1.54, 1.807) is 6.07 Å². The molecule has 0 unspecified atom stereocenters. The summed E-state index contributed by atoms with van der Waals surface area (Å²) in [5.74, 6) is -1.56. The Morgan fingerprint density at radius 2 is 1.56 bits per heavy atom. The number of fused-ring (bicyclic) bond motifs is 1. The van der Waals surface area contributed by atoms with E-state index in [1.165, 1.54) is 12.1 Å². The summed E-state index contributed by atoms with van der Waals surface area (Å²) in [7, 11) is 0. The Bertz CT molecular complexity index is 848. The maximum absolute atomic E-state index is 12.3. The Kier molecular flexibility index (Phi) is 6.87. The van der Waals surface area contributed by atoms with Gasteiger partial charge in [-0.1, -0.05) is 26.7 Å². The molecule has 2 rings (SSSR count). The molecule has 0 heterocycles. The van der Waals surface area contributed by atoms with Crippen LogP contribution >= 0.6 is 0 Å². The number of nitrogen functional groups attached to an aromatic ring is 2. The standard InChI is InChI=1S/C20H26N2O5/c1-3-5-7-26-19(24)13-9-12-10-14(20(25)27-8-6-4-2)18(23)17(22)16(12)15(21)11-13/h9-11,23H,3-8,21-22H2,1-2H3. The number of hydrogen-bond donors (Lipinski definition) is 3. The Morgan fingerprint density at radius 3 is 2.15 bits per heavy atom. The lowest BCUT2D eigenvalue weighted by Crippen LogP contribution is -2.10. The molecule has 0 saturated heterocycles. The molecule has 0 amide bonds. The second-order valence-corrected chi connectivity index (χ2v) is 6.33. The van der Waals surface area contributed by atoms with Crippen LogP contribution in [-0.2, 0) is 9.47 Å². The van der Waals surface area contributed by atoms with E-state index in [-0.39, 0.29) is 34.9 Å². The quantitative estimate of drug-likeness (QED) is 0.279. The molecule has 0 fully saturated rings. The summed E-state index contributed by atoms with van der Waals surface area (Å²) in [6, 6.07) is 4.42. The summed E-state index contributed by atoms with van der Waals surface area (Å²) >= 11 is 0. The third-order valence-electron chi connectivity index (χ3n) is 4.20. The molecule has 0 aromatic heterocycles. The van der Waals surface area contributed by atoms with Gasteiger partial charge < -0.3 is 26.0 Å². The number of carbonyl (C=O) groups is 2. The van der Waals surface area contributed by atoms with Gasteiger partial charge in [0.15, 0.2) is 5.75 Å². The highest BCUT2D eigenvalue weighted by Crippen LogP contribution is 2.38. The predicted molar refractivity (Wildman–Crippen MR) is 105 cm³/mol. The largest absolute Gasteiger partial charge is 0.505 e. The fourth-order valence-corrected chi connectivity index (χ4v) is 2.65. The molecular formula is C20H26N2O5. The van der Waals surface area contributed by atoms with Gasteiger partial charge in [-0.15, -0.1) is 0 Å². The summed E-state index contributed by atoms with van der Waals surface area (Å²) in [5.41, 5.74) is 12.4. The van der Waals surface area contributed by atoms with Crippen molar-refractivity contribution >= 4 is 34.1 Å². The molecule has 27 heavy (non-hydrogen) atoms. The minimum absolute atomic E-state index is 0.0293. The van der Waals surface area contributed by atoms with Crippen molar-refractivity contribution in [2.75, 3.05) is 24.7 Å². The number of nitrogens with two attached hydrogens (primary N) is 2. The van der Waals surface area contributed by atoms with Gasteiger partial charge in [-0.25, -0.2) is 9.59 Å². The Morgan fingerprint density at radius 1 is 0.963 bits per heavy atom. The normalized spacial score (nSPS) is 10.7. The summed E-state index contributed by atoms with van der Waals surface area (Å²) < 4.78 is 10.4. The summed E-state index contributed by atoms with van der Waals surface area (Å²) in [6.07, 6.45) is 3.27. The topological polar surface area (TPSA) is 125 Å². The first-order valence-corrected chi connectivity index (χ1v) is 9.09. The smallest absolute Gasteiger partial charge is 0.342 e. The highest BCUT2D eigenvalue weighted by molar-refractivity contribution is 6.11. The minimum atomic E-state index is -0.677. The first-order valence-electron chi connectivity index (χ1n) is 9.09. The van der Waals surface area contributed by atoms with Crippen LogP contribution in [0.5, 0.6) is 5.75 Å². The van der Waals surface area contributed by atoms with Crippen LogP contribution < -0.4 is 11.5 Å². The number of carbonyl (C=O) groups excluding carboxylic acids is 2. The zero-order chi connectivity index (χ0) is 20.0. The van der Waals surface area contributed by atoms with E-state index < -0.39 is 11.9 Å². The molecule has 7 heteroatoms. The number of unbranched alkanes of at least 4 members (excludes halogenated alkanes) is 2. The van der Waals surface area contributed by atoms with Gasteiger partial charge in [0.1, 0.15) is 5.56 Å². The minimum Gasteiger partial charge on any atom is -0.505 e. The van der Waals surface area contributed by atoms with Gasteiger partial charge in [0.25, 0.3) is 0 Å². The molecule has 0 bridgehead atoms. The summed E-state index contributed by atoms with van der Waals surface area (Å²) in [6.45, 7) is 4.54. The lowest BCUT2D eigenvalue weighted by Gasteiger charge is -2.13. The highest BCUT2D eigenvalue weighted by atomic mass is 16.5. The van der Waals surface area contributed by atoms with Crippen LogP contribution in [0.3, 0.4) is 0 Å². The number of anilines is 2. The number of benzene rings is 2. The molecule has 2 aromatic carbocycles. The van der Waals surface area contributed by atoms with Crippen LogP contribution in [-0.4, -0.2) is 30.3 Å². The van der Waals surface area contributed by atoms with Gasteiger partial charge in [0, 0.05) is 11.1 Å². The van der Waals surface area contributed by atoms with Crippen molar-refractivity contribution in [3.8, 4) is 5.75 Å². The fraction of sp³-hybridized carbons (Fsp3) is 0.400. The molecule has 0 atom stereocenters. The van der Waals surface area contributed by atoms with Crippen molar-refractivity contribution in [2.24, 2.45) is 0 Å². The van der Waals surface area contributed by atoms with E-state index in [9.17, 15) is 14.7 Å². The van der Waals surface area contributed by atoms with Gasteiger partial charge in [0.2, 0.25) is 0 Å². The number of ether oxygens (including phenoxy) is 2. The molecule has 2 aromatic rings. The molecular weight excluding hydrogens is 348 g/mol. The Hall–Kier alpha value is -2.96. The monoisotopic (exact) mass is 374 g/mol. The van der Waals surface area contributed by atoms with Crippen LogP contribution in [0.4, 0.5) is 11.4 Å². The molecule has 0 aliphatic heterocycles. The molecule has 0 radical (unpaired) electrons. The van der Waals surface area contributed by atoms with Crippen molar-refractivity contribution in [1.29, 1.82) is 0 Å². The number of esters is 2. The van der Waals surface area contributed by atoms with Crippen LogP contribution in [0.15, 0.2) is 18.2 Å². The fourth-order valence-electron chi connectivity index (χ4n) is 2.65. The third-order valence-corrected chi connectivity index (χ3v) is 4.20. The second-order valence-electron chi connectivity index (χ2n) is 6.33. The van der Waals surface area contributed by atoms with Crippen molar-refractivity contribution in [3.63, 3.8) is 0 Å². The number of hydrogen-bond acceptors (Lipinski definition) is 7. The maximum Gasteiger partial charge on any atom is 0.342 e. The summed E-state index contributed by atoms with van der Waals surface area (Å²) in [5, 5.41) is 11.1. The predicted octanol–water partition coefficient (Wildman–Crippen LogP) is 3.62. The number of rotatable bonds is 8. The van der Waals surface area contributed by atoms with Crippen molar-refractivity contribution in [2.45, 2.75) is 39.5 Å². The average Bonchev–Trinajstić information content (AvgIpc) is 2.64. The van der Waals surface area contributed by atoms with Gasteiger partial charge in [-0.3, -0.25) is 0 Å². The van der Waals surface area contributed by atoms with E-state index >= 15 is 0 Å². The molecule has 0 spiro atoms. The second kappa shape index (κ2) is 9.12. The maximum atomic E-state index is 12.3. The highest BCUT2D eigenvalue weighted by Gasteiger charge is 2.20. The van der Waals surface area contributed by atoms with Gasteiger partial charge in [-0.05, 0) is 36.4 Å². The molecule has 0 aliphatic carbocycles. The first-order chi connectivity index (χ1) is 12.9. The lowest BCUT2D eigenvalue weighted by atomic mass is 9.99. The average molecular weight is 374 g/mol. The Labute approximate surface area is 158 Å².